The van der Waals surface area contributed by atoms with Gasteiger partial charge in [-0.3, -0.25) is 28.5 Å². The van der Waals surface area contributed by atoms with Crippen molar-refractivity contribution in [2.45, 2.75) is 33.9 Å². The van der Waals surface area contributed by atoms with Crippen LogP contribution in [0.1, 0.15) is 19.4 Å². The topological polar surface area (TPSA) is 145 Å². The van der Waals surface area contributed by atoms with Gasteiger partial charge in [0, 0.05) is 20.2 Å². The minimum Gasteiger partial charge on any atom is -0.383 e. The van der Waals surface area contributed by atoms with Gasteiger partial charge in [-0.25, -0.2) is 9.78 Å². The summed E-state index contributed by atoms with van der Waals surface area (Å²) < 4.78 is 7.49. The first-order valence-electron chi connectivity index (χ1n) is 10.5. The van der Waals surface area contributed by atoms with Crippen molar-refractivity contribution in [1.29, 1.82) is 0 Å². The van der Waals surface area contributed by atoms with Crippen LogP contribution in [0.25, 0.3) is 10.9 Å². The number of benzene rings is 1. The number of nitrogens with two attached hydrogens (primary N) is 1. The predicted molar refractivity (Wildman–Crippen MR) is 126 cm³/mol. The molecule has 0 saturated heterocycles. The van der Waals surface area contributed by atoms with Crippen molar-refractivity contribution in [2.75, 3.05) is 30.9 Å². The molecule has 0 aliphatic rings. The van der Waals surface area contributed by atoms with E-state index in [1.54, 1.807) is 12.1 Å². The maximum atomic E-state index is 13.3. The molecule has 33 heavy (non-hydrogen) atoms. The largest absolute Gasteiger partial charge is 0.383 e. The summed E-state index contributed by atoms with van der Waals surface area (Å²) in [4.78, 5) is 58.9. The minimum atomic E-state index is -0.790. The van der Waals surface area contributed by atoms with Crippen LogP contribution >= 0.6 is 0 Å². The summed E-state index contributed by atoms with van der Waals surface area (Å²) in [7, 11) is 1.45. The fourth-order valence-electron chi connectivity index (χ4n) is 3.61. The number of aromatic amines is 1. The Morgan fingerprint density at radius 2 is 2.00 bits per heavy atom. The molecule has 3 aromatic rings. The van der Waals surface area contributed by atoms with Gasteiger partial charge in [-0.05, 0) is 24.5 Å². The number of aryl methyl sites for hydroxylation is 1. The van der Waals surface area contributed by atoms with Gasteiger partial charge in [0.15, 0.2) is 5.69 Å². The number of carbonyl (C=O) groups excluding carboxylic acids is 1. The Hall–Kier alpha value is -3.73. The van der Waals surface area contributed by atoms with Crippen molar-refractivity contribution in [3.63, 3.8) is 0 Å². The molecule has 2 aromatic heterocycles. The lowest BCUT2D eigenvalue weighted by molar-refractivity contribution is -0.119. The fourth-order valence-corrected chi connectivity index (χ4v) is 3.61. The van der Waals surface area contributed by atoms with Gasteiger partial charge in [0.25, 0.3) is 11.1 Å². The summed E-state index contributed by atoms with van der Waals surface area (Å²) in [5.74, 6) is -0.631. The highest BCUT2D eigenvalue weighted by Crippen LogP contribution is 2.18. The number of methoxy groups -OCH3 is 1. The van der Waals surface area contributed by atoms with Gasteiger partial charge >= 0.3 is 5.69 Å². The van der Waals surface area contributed by atoms with Crippen molar-refractivity contribution >= 4 is 28.3 Å². The summed E-state index contributed by atoms with van der Waals surface area (Å²) in [6.45, 7) is 5.62. The standard InChI is InChI=1S/C22H28N6O5/c1-13(2)10-28-19(23)18(20(30)25-22(28)32)27(8-9-33-4)16(29)11-26-12-24-17-14(3)6-5-7-15(17)21(26)31/h5-7,12-13H,8-11,23H2,1-4H3,(H,25,30,32). The molecule has 11 heteroatoms. The Kier molecular flexibility index (Phi) is 7.12. The normalized spacial score (nSPS) is 11.3. The van der Waals surface area contributed by atoms with Crippen LogP contribution < -0.4 is 27.4 Å². The van der Waals surface area contributed by atoms with Gasteiger partial charge in [-0.2, -0.15) is 0 Å². The summed E-state index contributed by atoms with van der Waals surface area (Å²) in [5, 5.41) is 0.386. The Labute approximate surface area is 189 Å². The number of ether oxygens (including phenoxy) is 1. The molecule has 2 heterocycles. The smallest absolute Gasteiger partial charge is 0.330 e. The van der Waals surface area contributed by atoms with Gasteiger partial charge in [0.1, 0.15) is 12.4 Å². The van der Waals surface area contributed by atoms with Crippen LogP contribution in [0.2, 0.25) is 0 Å². The molecule has 0 bridgehead atoms. The highest BCUT2D eigenvalue weighted by molar-refractivity contribution is 5.95. The van der Waals surface area contributed by atoms with Crippen LogP contribution in [-0.2, 0) is 22.6 Å². The number of carbonyl (C=O) groups is 1. The number of hydrogen-bond acceptors (Lipinski definition) is 7. The van der Waals surface area contributed by atoms with E-state index in [1.165, 1.54) is 22.6 Å². The quantitative estimate of drug-likeness (QED) is 0.501. The monoisotopic (exact) mass is 456 g/mol. The number of H-pyrrole nitrogens is 1. The molecular weight excluding hydrogens is 428 g/mol. The summed E-state index contributed by atoms with van der Waals surface area (Å²) in [5.41, 5.74) is 5.61. The maximum absolute atomic E-state index is 13.3. The van der Waals surface area contributed by atoms with Gasteiger partial charge in [-0.15, -0.1) is 0 Å². The molecule has 3 rings (SSSR count). The number of nitrogens with zero attached hydrogens (tertiary/aromatic N) is 4. The van der Waals surface area contributed by atoms with Crippen LogP contribution in [0.4, 0.5) is 11.5 Å². The highest BCUT2D eigenvalue weighted by Gasteiger charge is 2.25. The Morgan fingerprint density at radius 1 is 1.27 bits per heavy atom. The van der Waals surface area contributed by atoms with Crippen LogP contribution in [0.5, 0.6) is 0 Å². The zero-order valence-electron chi connectivity index (χ0n) is 19.1. The molecule has 3 N–H and O–H groups in total. The third-order valence-electron chi connectivity index (χ3n) is 5.21. The molecule has 0 aliphatic heterocycles. The van der Waals surface area contributed by atoms with E-state index in [9.17, 15) is 19.2 Å². The van der Waals surface area contributed by atoms with Crippen molar-refractivity contribution in [3.8, 4) is 0 Å². The molecule has 1 aromatic carbocycles. The van der Waals surface area contributed by atoms with E-state index in [4.69, 9.17) is 10.5 Å². The number of fused-ring (bicyclic) bond motifs is 1. The summed E-state index contributed by atoms with van der Waals surface area (Å²) >= 11 is 0. The summed E-state index contributed by atoms with van der Waals surface area (Å²) in [6, 6.07) is 5.24. The SMILES string of the molecule is COCCN(C(=O)Cn1cnc2c(C)cccc2c1=O)c1c(N)n(CC(C)C)c(=O)[nH]c1=O. The molecule has 11 nitrogen and oxygen atoms in total. The first-order chi connectivity index (χ1) is 15.6. The van der Waals surface area contributed by atoms with Crippen molar-refractivity contribution < 1.29 is 9.53 Å². The van der Waals surface area contributed by atoms with E-state index in [2.05, 4.69) is 9.97 Å². The van der Waals surface area contributed by atoms with Gasteiger partial charge < -0.3 is 15.4 Å². The molecule has 0 radical (unpaired) electrons. The molecule has 0 spiro atoms. The number of anilines is 2. The van der Waals surface area contributed by atoms with E-state index in [-0.39, 0.29) is 49.2 Å². The Balaban J connectivity index is 2.06. The number of hydrogen-bond donors (Lipinski definition) is 2. The first kappa shape index (κ1) is 23.9. The molecule has 0 atom stereocenters. The van der Waals surface area contributed by atoms with Crippen LogP contribution in [0, 0.1) is 12.8 Å². The number of nitrogen functional groups attached to an aromatic ring is 1. The third kappa shape index (κ3) is 4.87. The van der Waals surface area contributed by atoms with Crippen LogP contribution in [0.15, 0.2) is 38.9 Å². The van der Waals surface area contributed by atoms with E-state index in [0.717, 1.165) is 10.5 Å². The minimum absolute atomic E-state index is 0.00261. The lowest BCUT2D eigenvalue weighted by atomic mass is 10.1. The third-order valence-corrected chi connectivity index (χ3v) is 5.21. The van der Waals surface area contributed by atoms with Crippen molar-refractivity contribution in [3.05, 3.63) is 61.3 Å². The lowest BCUT2D eigenvalue weighted by Crippen LogP contribution is -2.44. The van der Waals surface area contributed by atoms with Crippen LogP contribution in [0.3, 0.4) is 0 Å². The molecule has 0 saturated carbocycles. The predicted octanol–water partition coefficient (Wildman–Crippen LogP) is 0.473. The van der Waals surface area contributed by atoms with Crippen molar-refractivity contribution in [2.24, 2.45) is 5.92 Å². The molecule has 0 unspecified atom stereocenters. The maximum Gasteiger partial charge on any atom is 0.330 e. The number of nitrogens with one attached hydrogen (secondary N) is 1. The number of amides is 1. The molecule has 176 valence electrons. The molecule has 0 fully saturated rings. The van der Waals surface area contributed by atoms with Gasteiger partial charge in [-0.1, -0.05) is 26.0 Å². The average molecular weight is 457 g/mol. The number of rotatable bonds is 8. The van der Waals surface area contributed by atoms with Crippen LogP contribution in [-0.4, -0.2) is 45.3 Å². The van der Waals surface area contributed by atoms with E-state index in [0.29, 0.717) is 10.9 Å². The highest BCUT2D eigenvalue weighted by atomic mass is 16.5. The second kappa shape index (κ2) is 9.82. The zero-order valence-corrected chi connectivity index (χ0v) is 19.1. The second-order valence-corrected chi connectivity index (χ2v) is 8.18. The molecular formula is C22H28N6O5. The fraction of sp³-hybridized carbons (Fsp3) is 0.409. The summed E-state index contributed by atoms with van der Waals surface area (Å²) in [6.07, 6.45) is 1.30. The van der Waals surface area contributed by atoms with Crippen molar-refractivity contribution in [1.82, 2.24) is 19.1 Å². The first-order valence-corrected chi connectivity index (χ1v) is 10.5. The van der Waals surface area contributed by atoms with E-state index in [1.807, 2.05) is 26.8 Å². The zero-order chi connectivity index (χ0) is 24.3. The van der Waals surface area contributed by atoms with E-state index < -0.39 is 17.2 Å². The molecule has 1 amide bonds. The molecule has 0 aliphatic carbocycles. The van der Waals surface area contributed by atoms with Gasteiger partial charge in [0.05, 0.1) is 23.8 Å². The Morgan fingerprint density at radius 3 is 2.67 bits per heavy atom. The van der Waals surface area contributed by atoms with E-state index >= 15 is 0 Å². The number of aromatic nitrogens is 4. The van der Waals surface area contributed by atoms with Gasteiger partial charge in [0.2, 0.25) is 5.91 Å². The number of para-hydroxylation sites is 1. The Bertz CT molecular complexity index is 1350. The average Bonchev–Trinajstić information content (AvgIpc) is 2.75. The lowest BCUT2D eigenvalue weighted by Gasteiger charge is -2.25. The second-order valence-electron chi connectivity index (χ2n) is 8.18.